The first-order chi connectivity index (χ1) is 7.09. The standard InChI is InChI=1S/C10H14F3N3/c1-9(2,3)16-7-5-15-8(14)4-6(7)10(11,12)13/h4-5,16H,1-3H3,(H2,14,15). The van der Waals surface area contributed by atoms with Crippen molar-refractivity contribution in [3.8, 4) is 0 Å². The predicted molar refractivity (Wildman–Crippen MR) is 57.0 cm³/mol. The van der Waals surface area contributed by atoms with Gasteiger partial charge in [0.15, 0.2) is 0 Å². The summed E-state index contributed by atoms with van der Waals surface area (Å²) in [5.74, 6) is -0.146. The molecule has 0 aromatic carbocycles. The Kier molecular flexibility index (Phi) is 3.03. The van der Waals surface area contributed by atoms with Gasteiger partial charge in [0.1, 0.15) is 5.82 Å². The molecular weight excluding hydrogens is 219 g/mol. The van der Waals surface area contributed by atoms with E-state index in [1.165, 1.54) is 0 Å². The molecule has 1 aromatic rings. The van der Waals surface area contributed by atoms with Crippen LogP contribution in [-0.4, -0.2) is 10.5 Å². The van der Waals surface area contributed by atoms with Crippen molar-refractivity contribution < 1.29 is 13.2 Å². The van der Waals surface area contributed by atoms with E-state index < -0.39 is 17.3 Å². The maximum Gasteiger partial charge on any atom is 0.418 e. The second kappa shape index (κ2) is 3.84. The molecule has 0 aliphatic rings. The highest BCUT2D eigenvalue weighted by atomic mass is 19.4. The number of nitrogens with one attached hydrogen (secondary N) is 1. The van der Waals surface area contributed by atoms with Crippen LogP contribution >= 0.6 is 0 Å². The first-order valence-electron chi connectivity index (χ1n) is 4.70. The van der Waals surface area contributed by atoms with Crippen molar-refractivity contribution in [1.29, 1.82) is 0 Å². The molecule has 0 radical (unpaired) electrons. The average molecular weight is 233 g/mol. The van der Waals surface area contributed by atoms with Gasteiger partial charge in [0.2, 0.25) is 0 Å². The number of rotatable bonds is 1. The third kappa shape index (κ3) is 3.29. The van der Waals surface area contributed by atoms with Gasteiger partial charge in [-0.15, -0.1) is 0 Å². The molecule has 3 nitrogen and oxygen atoms in total. The smallest absolute Gasteiger partial charge is 0.384 e. The Morgan fingerprint density at radius 3 is 2.25 bits per heavy atom. The molecule has 0 amide bonds. The maximum atomic E-state index is 12.7. The van der Waals surface area contributed by atoms with Crippen LogP contribution in [-0.2, 0) is 6.18 Å². The van der Waals surface area contributed by atoms with Crippen LogP contribution in [0.3, 0.4) is 0 Å². The first-order valence-corrected chi connectivity index (χ1v) is 4.70. The van der Waals surface area contributed by atoms with Crippen LogP contribution in [0.5, 0.6) is 0 Å². The number of pyridine rings is 1. The van der Waals surface area contributed by atoms with Crippen molar-refractivity contribution in [2.45, 2.75) is 32.5 Å². The summed E-state index contributed by atoms with van der Waals surface area (Å²) in [5.41, 5.74) is 3.92. The zero-order valence-electron chi connectivity index (χ0n) is 9.31. The molecule has 0 saturated heterocycles. The van der Waals surface area contributed by atoms with Crippen LogP contribution in [0.15, 0.2) is 12.3 Å². The fourth-order valence-electron chi connectivity index (χ4n) is 1.21. The number of nitrogen functional groups attached to an aromatic ring is 1. The van der Waals surface area contributed by atoms with Gasteiger partial charge in [0.25, 0.3) is 0 Å². The number of hydrogen-bond donors (Lipinski definition) is 2. The summed E-state index contributed by atoms with van der Waals surface area (Å²) in [4.78, 5) is 3.65. The van der Waals surface area contributed by atoms with Crippen LogP contribution in [0.4, 0.5) is 24.7 Å². The van der Waals surface area contributed by atoms with E-state index in [1.54, 1.807) is 20.8 Å². The largest absolute Gasteiger partial charge is 0.418 e. The van der Waals surface area contributed by atoms with Crippen LogP contribution in [0.2, 0.25) is 0 Å². The monoisotopic (exact) mass is 233 g/mol. The lowest BCUT2D eigenvalue weighted by Gasteiger charge is -2.24. The van der Waals surface area contributed by atoms with Crippen LogP contribution in [0, 0.1) is 0 Å². The Labute approximate surface area is 91.9 Å². The van der Waals surface area contributed by atoms with Crippen molar-refractivity contribution in [2.75, 3.05) is 11.1 Å². The molecule has 0 aliphatic heterocycles. The average Bonchev–Trinajstić information content (AvgIpc) is 2.04. The molecule has 1 heterocycles. The zero-order valence-corrected chi connectivity index (χ0v) is 9.31. The van der Waals surface area contributed by atoms with Gasteiger partial charge in [-0.1, -0.05) is 0 Å². The summed E-state index contributed by atoms with van der Waals surface area (Å²) in [7, 11) is 0. The van der Waals surface area contributed by atoms with E-state index in [2.05, 4.69) is 10.3 Å². The van der Waals surface area contributed by atoms with Crippen molar-refractivity contribution in [1.82, 2.24) is 4.98 Å². The van der Waals surface area contributed by atoms with E-state index in [4.69, 9.17) is 5.73 Å². The minimum Gasteiger partial charge on any atom is -0.384 e. The van der Waals surface area contributed by atoms with Crippen LogP contribution in [0.25, 0.3) is 0 Å². The van der Waals surface area contributed by atoms with Gasteiger partial charge < -0.3 is 11.1 Å². The van der Waals surface area contributed by atoms with Gasteiger partial charge in [0, 0.05) is 5.54 Å². The number of nitrogens with two attached hydrogens (primary N) is 1. The Hall–Kier alpha value is -1.46. The molecular formula is C10H14F3N3. The summed E-state index contributed by atoms with van der Waals surface area (Å²) in [6, 6.07) is 0.827. The second-order valence-electron chi connectivity index (χ2n) is 4.53. The maximum absolute atomic E-state index is 12.7. The van der Waals surface area contributed by atoms with Crippen molar-refractivity contribution >= 4 is 11.5 Å². The van der Waals surface area contributed by atoms with Gasteiger partial charge in [0.05, 0.1) is 17.4 Å². The molecule has 0 atom stereocenters. The van der Waals surface area contributed by atoms with E-state index in [0.29, 0.717) is 0 Å². The number of anilines is 2. The molecule has 0 unspecified atom stereocenters. The molecule has 1 rings (SSSR count). The number of nitrogens with zero attached hydrogens (tertiary/aromatic N) is 1. The number of halogens is 3. The van der Waals surface area contributed by atoms with Gasteiger partial charge in [-0.2, -0.15) is 13.2 Å². The lowest BCUT2D eigenvalue weighted by atomic mass is 10.1. The van der Waals surface area contributed by atoms with Crippen molar-refractivity contribution in [3.63, 3.8) is 0 Å². The molecule has 16 heavy (non-hydrogen) atoms. The highest BCUT2D eigenvalue weighted by Crippen LogP contribution is 2.36. The molecule has 0 aliphatic carbocycles. The topological polar surface area (TPSA) is 50.9 Å². The third-order valence-corrected chi connectivity index (χ3v) is 1.74. The minimum atomic E-state index is -4.44. The lowest BCUT2D eigenvalue weighted by Crippen LogP contribution is -2.28. The fourth-order valence-corrected chi connectivity index (χ4v) is 1.21. The molecule has 0 spiro atoms. The van der Waals surface area contributed by atoms with Crippen molar-refractivity contribution in [3.05, 3.63) is 17.8 Å². The SMILES string of the molecule is CC(C)(C)Nc1cnc(N)cc1C(F)(F)F. The van der Waals surface area contributed by atoms with Gasteiger partial charge in [-0.25, -0.2) is 4.98 Å². The van der Waals surface area contributed by atoms with Crippen LogP contribution < -0.4 is 11.1 Å². The second-order valence-corrected chi connectivity index (χ2v) is 4.53. The van der Waals surface area contributed by atoms with E-state index in [9.17, 15) is 13.2 Å². The number of alkyl halides is 3. The molecule has 0 fully saturated rings. The first kappa shape index (κ1) is 12.6. The Bertz CT molecular complexity index is 380. The fraction of sp³-hybridized carbons (Fsp3) is 0.500. The van der Waals surface area contributed by atoms with Crippen molar-refractivity contribution in [2.24, 2.45) is 0 Å². The predicted octanol–water partition coefficient (Wildman–Crippen LogP) is 2.89. The molecule has 1 aromatic heterocycles. The van der Waals surface area contributed by atoms with Gasteiger partial charge in [-0.3, -0.25) is 0 Å². The summed E-state index contributed by atoms with van der Waals surface area (Å²) in [6.07, 6.45) is -3.34. The molecule has 0 bridgehead atoms. The van der Waals surface area contributed by atoms with E-state index in [0.717, 1.165) is 12.3 Å². The quantitative estimate of drug-likeness (QED) is 0.784. The van der Waals surface area contributed by atoms with Gasteiger partial charge in [-0.05, 0) is 26.8 Å². The number of aromatic nitrogens is 1. The van der Waals surface area contributed by atoms with E-state index in [-0.39, 0.29) is 11.5 Å². The zero-order chi connectivity index (χ0) is 12.6. The minimum absolute atomic E-state index is 0.0609. The Balaban J connectivity index is 3.19. The van der Waals surface area contributed by atoms with E-state index in [1.807, 2.05) is 0 Å². The van der Waals surface area contributed by atoms with E-state index >= 15 is 0 Å². The molecule has 90 valence electrons. The Morgan fingerprint density at radius 2 is 1.81 bits per heavy atom. The summed E-state index contributed by atoms with van der Waals surface area (Å²) < 4.78 is 38.0. The third-order valence-electron chi connectivity index (χ3n) is 1.74. The summed E-state index contributed by atoms with van der Waals surface area (Å²) >= 11 is 0. The lowest BCUT2D eigenvalue weighted by molar-refractivity contribution is -0.137. The molecule has 6 heteroatoms. The normalized spacial score (nSPS) is 12.6. The summed E-state index contributed by atoms with van der Waals surface area (Å²) in [6.45, 7) is 5.30. The Morgan fingerprint density at radius 1 is 1.25 bits per heavy atom. The highest BCUT2D eigenvalue weighted by molar-refractivity contribution is 5.56. The van der Waals surface area contributed by atoms with Gasteiger partial charge >= 0.3 is 6.18 Å². The molecule has 0 saturated carbocycles. The molecule has 3 N–H and O–H groups in total. The highest BCUT2D eigenvalue weighted by Gasteiger charge is 2.34. The summed E-state index contributed by atoms with van der Waals surface area (Å²) in [5, 5.41) is 2.75. The number of hydrogen-bond acceptors (Lipinski definition) is 3. The van der Waals surface area contributed by atoms with Crippen LogP contribution in [0.1, 0.15) is 26.3 Å².